The number of aromatic nitrogens is 1. The molecular weight excluding hydrogens is 376 g/mol. The molecule has 0 bridgehead atoms. The zero-order valence-corrected chi connectivity index (χ0v) is 17.4. The molecule has 5 nitrogen and oxygen atoms in total. The van der Waals surface area contributed by atoms with E-state index < -0.39 is 6.10 Å². The molecule has 4 aromatic rings. The molecule has 1 atom stereocenters. The first-order valence-corrected chi connectivity index (χ1v) is 10.3. The molecule has 0 aliphatic heterocycles. The number of para-hydroxylation sites is 1. The summed E-state index contributed by atoms with van der Waals surface area (Å²) in [7, 11) is 0. The molecule has 5 heteroatoms. The molecule has 30 heavy (non-hydrogen) atoms. The van der Waals surface area contributed by atoms with E-state index in [4.69, 9.17) is 4.74 Å². The standard InChI is InChI=1S/C25H28N2O3/c1-16-6-5-9-23(17(16)2)30-13-12-26-15-19(28)14-18-10-11-22(29)24-20-7-3-4-8-21(20)27-25(18)24/h3-11,19,26-29H,12-15H2,1-2H3. The van der Waals surface area contributed by atoms with Gasteiger partial charge in [0.15, 0.2) is 0 Å². The van der Waals surface area contributed by atoms with Crippen LogP contribution in [0.25, 0.3) is 21.8 Å². The smallest absolute Gasteiger partial charge is 0.125 e. The lowest BCUT2D eigenvalue weighted by Gasteiger charge is -2.14. The van der Waals surface area contributed by atoms with E-state index in [0.29, 0.717) is 26.1 Å². The van der Waals surface area contributed by atoms with Crippen LogP contribution in [-0.2, 0) is 6.42 Å². The van der Waals surface area contributed by atoms with Crippen molar-refractivity contribution in [2.24, 2.45) is 0 Å². The van der Waals surface area contributed by atoms with Crippen LogP contribution in [-0.4, -0.2) is 41.0 Å². The van der Waals surface area contributed by atoms with E-state index in [9.17, 15) is 10.2 Å². The average molecular weight is 405 g/mol. The predicted molar refractivity (Wildman–Crippen MR) is 121 cm³/mol. The molecule has 4 rings (SSSR count). The van der Waals surface area contributed by atoms with Crippen LogP contribution in [0.2, 0.25) is 0 Å². The first kappa shape index (κ1) is 20.3. The van der Waals surface area contributed by atoms with Gasteiger partial charge in [-0.1, -0.05) is 36.4 Å². The summed E-state index contributed by atoms with van der Waals surface area (Å²) >= 11 is 0. The molecule has 1 unspecified atom stereocenters. The Bertz CT molecular complexity index is 1170. The highest BCUT2D eigenvalue weighted by molar-refractivity contribution is 6.11. The zero-order valence-electron chi connectivity index (χ0n) is 17.4. The van der Waals surface area contributed by atoms with Crippen molar-refractivity contribution in [2.75, 3.05) is 19.7 Å². The molecule has 4 N–H and O–H groups in total. The third kappa shape index (κ3) is 4.13. The van der Waals surface area contributed by atoms with Crippen molar-refractivity contribution in [3.63, 3.8) is 0 Å². The quantitative estimate of drug-likeness (QED) is 0.332. The number of aromatic hydroxyl groups is 1. The number of ether oxygens (including phenoxy) is 1. The molecule has 0 saturated heterocycles. The summed E-state index contributed by atoms with van der Waals surface area (Å²) in [5.41, 5.74) is 5.22. The number of aliphatic hydroxyl groups is 1. The van der Waals surface area contributed by atoms with E-state index in [-0.39, 0.29) is 5.75 Å². The summed E-state index contributed by atoms with van der Waals surface area (Å²) < 4.78 is 5.85. The van der Waals surface area contributed by atoms with Gasteiger partial charge in [-0.25, -0.2) is 0 Å². The second-order valence-electron chi connectivity index (χ2n) is 7.77. The van der Waals surface area contributed by atoms with Gasteiger partial charge in [0.25, 0.3) is 0 Å². The van der Waals surface area contributed by atoms with Crippen LogP contribution in [0, 0.1) is 13.8 Å². The summed E-state index contributed by atoms with van der Waals surface area (Å²) in [6.45, 7) is 5.80. The fraction of sp³-hybridized carbons (Fsp3) is 0.280. The SMILES string of the molecule is Cc1cccc(OCCNCC(O)Cc2ccc(O)c3c2[nH]c2ccccc23)c1C. The number of fused-ring (bicyclic) bond motifs is 3. The number of aryl methyl sites for hydroxylation is 1. The Morgan fingerprint density at radius 1 is 1.03 bits per heavy atom. The van der Waals surface area contributed by atoms with E-state index in [1.165, 1.54) is 5.56 Å². The van der Waals surface area contributed by atoms with Crippen molar-refractivity contribution in [3.8, 4) is 11.5 Å². The number of aromatic amines is 1. The van der Waals surface area contributed by atoms with Gasteiger partial charge in [0.05, 0.1) is 11.6 Å². The van der Waals surface area contributed by atoms with Crippen molar-refractivity contribution in [3.05, 3.63) is 71.3 Å². The Morgan fingerprint density at radius 3 is 2.73 bits per heavy atom. The zero-order chi connectivity index (χ0) is 21.1. The van der Waals surface area contributed by atoms with Gasteiger partial charge in [0.1, 0.15) is 18.1 Å². The molecule has 0 aliphatic carbocycles. The largest absolute Gasteiger partial charge is 0.507 e. The number of phenols is 1. The number of aliphatic hydroxyl groups excluding tert-OH is 1. The van der Waals surface area contributed by atoms with Gasteiger partial charge in [-0.2, -0.15) is 0 Å². The van der Waals surface area contributed by atoms with Crippen molar-refractivity contribution in [2.45, 2.75) is 26.4 Å². The van der Waals surface area contributed by atoms with Crippen molar-refractivity contribution in [1.82, 2.24) is 10.3 Å². The lowest BCUT2D eigenvalue weighted by molar-refractivity contribution is 0.169. The Balaban J connectivity index is 1.34. The second-order valence-corrected chi connectivity index (χ2v) is 7.77. The monoisotopic (exact) mass is 404 g/mol. The normalized spacial score (nSPS) is 12.5. The summed E-state index contributed by atoms with van der Waals surface area (Å²) in [6, 6.07) is 17.5. The first-order chi connectivity index (χ1) is 14.5. The van der Waals surface area contributed by atoms with Crippen LogP contribution in [0.3, 0.4) is 0 Å². The average Bonchev–Trinajstić information content (AvgIpc) is 3.13. The number of phenolic OH excluding ortho intramolecular Hbond substituents is 1. The minimum atomic E-state index is -0.537. The molecular formula is C25H28N2O3. The lowest BCUT2D eigenvalue weighted by Crippen LogP contribution is -2.31. The van der Waals surface area contributed by atoms with Crippen LogP contribution in [0.5, 0.6) is 11.5 Å². The van der Waals surface area contributed by atoms with Gasteiger partial charge in [0, 0.05) is 35.8 Å². The number of nitrogens with one attached hydrogen (secondary N) is 2. The Hall–Kier alpha value is -3.02. The first-order valence-electron chi connectivity index (χ1n) is 10.3. The molecule has 0 aliphatic rings. The van der Waals surface area contributed by atoms with Crippen molar-refractivity contribution >= 4 is 21.8 Å². The highest BCUT2D eigenvalue weighted by Gasteiger charge is 2.14. The molecule has 0 saturated carbocycles. The number of H-pyrrole nitrogens is 1. The van der Waals surface area contributed by atoms with E-state index in [1.807, 2.05) is 42.5 Å². The van der Waals surface area contributed by atoms with E-state index in [2.05, 4.69) is 30.2 Å². The summed E-state index contributed by atoms with van der Waals surface area (Å²) in [5, 5.41) is 25.9. The molecule has 0 radical (unpaired) electrons. The molecule has 0 amide bonds. The minimum Gasteiger partial charge on any atom is -0.507 e. The Labute approximate surface area is 176 Å². The topological polar surface area (TPSA) is 77.5 Å². The summed E-state index contributed by atoms with van der Waals surface area (Å²) in [5.74, 6) is 1.16. The van der Waals surface area contributed by atoms with Gasteiger partial charge >= 0.3 is 0 Å². The number of hydrogen-bond acceptors (Lipinski definition) is 4. The summed E-state index contributed by atoms with van der Waals surface area (Å²) in [6.07, 6.45) is -0.0427. The summed E-state index contributed by atoms with van der Waals surface area (Å²) in [4.78, 5) is 3.39. The highest BCUT2D eigenvalue weighted by Crippen LogP contribution is 2.34. The Morgan fingerprint density at radius 2 is 1.87 bits per heavy atom. The number of rotatable bonds is 8. The van der Waals surface area contributed by atoms with Crippen LogP contribution in [0.4, 0.5) is 0 Å². The second kappa shape index (κ2) is 8.78. The number of benzene rings is 3. The molecule has 1 heterocycles. The maximum Gasteiger partial charge on any atom is 0.125 e. The minimum absolute atomic E-state index is 0.252. The lowest BCUT2D eigenvalue weighted by atomic mass is 10.0. The fourth-order valence-electron chi connectivity index (χ4n) is 3.87. The predicted octanol–water partition coefficient (Wildman–Crippen LogP) is 4.22. The van der Waals surface area contributed by atoms with Crippen LogP contribution >= 0.6 is 0 Å². The van der Waals surface area contributed by atoms with Crippen LogP contribution in [0.15, 0.2) is 54.6 Å². The van der Waals surface area contributed by atoms with E-state index in [1.54, 1.807) is 6.07 Å². The van der Waals surface area contributed by atoms with E-state index in [0.717, 1.165) is 38.7 Å². The maximum absolute atomic E-state index is 10.5. The van der Waals surface area contributed by atoms with Gasteiger partial charge < -0.3 is 25.3 Å². The highest BCUT2D eigenvalue weighted by atomic mass is 16.5. The van der Waals surface area contributed by atoms with Gasteiger partial charge in [-0.15, -0.1) is 0 Å². The van der Waals surface area contributed by atoms with Crippen LogP contribution in [0.1, 0.15) is 16.7 Å². The van der Waals surface area contributed by atoms with Gasteiger partial charge in [-0.3, -0.25) is 0 Å². The van der Waals surface area contributed by atoms with Gasteiger partial charge in [0.2, 0.25) is 0 Å². The Kier molecular flexibility index (Phi) is 5.93. The number of hydrogen-bond donors (Lipinski definition) is 4. The van der Waals surface area contributed by atoms with Crippen molar-refractivity contribution in [1.29, 1.82) is 0 Å². The molecule has 0 spiro atoms. The third-order valence-corrected chi connectivity index (χ3v) is 5.65. The van der Waals surface area contributed by atoms with E-state index >= 15 is 0 Å². The molecule has 156 valence electrons. The third-order valence-electron chi connectivity index (χ3n) is 5.65. The molecule has 1 aromatic heterocycles. The van der Waals surface area contributed by atoms with Crippen molar-refractivity contribution < 1.29 is 14.9 Å². The molecule has 0 fully saturated rings. The maximum atomic E-state index is 10.5. The van der Waals surface area contributed by atoms with Gasteiger partial charge in [-0.05, 0) is 48.7 Å². The fourth-order valence-corrected chi connectivity index (χ4v) is 3.87. The molecule has 3 aromatic carbocycles. The van der Waals surface area contributed by atoms with Crippen LogP contribution < -0.4 is 10.1 Å².